The average molecular weight is 306 g/mol. The number of methoxy groups -OCH3 is 1. The minimum atomic E-state index is 0.681. The molecule has 2 N–H and O–H groups in total. The Morgan fingerprint density at radius 1 is 1.23 bits per heavy atom. The molecule has 1 saturated heterocycles. The van der Waals surface area contributed by atoms with E-state index in [1.54, 1.807) is 7.11 Å². The van der Waals surface area contributed by atoms with Crippen molar-refractivity contribution in [2.24, 2.45) is 5.92 Å². The molecule has 0 aliphatic carbocycles. The summed E-state index contributed by atoms with van der Waals surface area (Å²) in [4.78, 5) is 2.57. The van der Waals surface area contributed by atoms with Crippen LogP contribution in [0, 0.1) is 5.92 Å². The average Bonchev–Trinajstić information content (AvgIpc) is 2.52. The highest BCUT2D eigenvalue weighted by atomic mass is 16.5. The molecule has 4 heteroatoms. The van der Waals surface area contributed by atoms with Crippen LogP contribution in [-0.2, 0) is 0 Å². The summed E-state index contributed by atoms with van der Waals surface area (Å²) in [6, 6.07) is 6.20. The molecular formula is C18H30N2O2. The lowest BCUT2D eigenvalue weighted by atomic mass is 9.92. The van der Waals surface area contributed by atoms with Gasteiger partial charge in [0.05, 0.1) is 13.7 Å². The zero-order chi connectivity index (χ0) is 15.9. The van der Waals surface area contributed by atoms with Crippen LogP contribution in [0.1, 0.15) is 39.5 Å². The van der Waals surface area contributed by atoms with Gasteiger partial charge >= 0.3 is 0 Å². The molecule has 0 atom stereocenters. The Morgan fingerprint density at radius 3 is 2.59 bits per heavy atom. The fraction of sp³-hybridized carbons (Fsp3) is 0.667. The van der Waals surface area contributed by atoms with E-state index in [1.165, 1.54) is 32.4 Å². The van der Waals surface area contributed by atoms with E-state index in [-0.39, 0.29) is 0 Å². The second-order valence-electron chi connectivity index (χ2n) is 6.47. The molecule has 1 aromatic carbocycles. The first kappa shape index (κ1) is 16.9. The highest BCUT2D eigenvalue weighted by molar-refractivity contribution is 5.51. The van der Waals surface area contributed by atoms with E-state index < -0.39 is 0 Å². The van der Waals surface area contributed by atoms with E-state index >= 15 is 0 Å². The van der Waals surface area contributed by atoms with E-state index in [0.29, 0.717) is 11.7 Å². The van der Waals surface area contributed by atoms with Crippen molar-refractivity contribution < 1.29 is 9.47 Å². The maximum absolute atomic E-state index is 5.84. The summed E-state index contributed by atoms with van der Waals surface area (Å²) in [5.74, 6) is 2.35. The van der Waals surface area contributed by atoms with Gasteiger partial charge in [-0.15, -0.1) is 0 Å². The molecule has 0 saturated carbocycles. The molecule has 0 bridgehead atoms. The molecule has 0 radical (unpaired) electrons. The zero-order valence-electron chi connectivity index (χ0n) is 14.2. The maximum Gasteiger partial charge on any atom is 0.163 e. The molecule has 22 heavy (non-hydrogen) atoms. The lowest BCUT2D eigenvalue weighted by molar-refractivity contribution is 0.141. The molecule has 0 spiro atoms. The van der Waals surface area contributed by atoms with Gasteiger partial charge in [0.2, 0.25) is 0 Å². The number of nitrogen functional groups attached to an aromatic ring is 1. The van der Waals surface area contributed by atoms with Crippen molar-refractivity contribution >= 4 is 5.69 Å². The van der Waals surface area contributed by atoms with Gasteiger partial charge in [-0.3, -0.25) is 0 Å². The van der Waals surface area contributed by atoms with Crippen LogP contribution in [0.5, 0.6) is 11.5 Å². The Labute approximate surface area is 134 Å². The van der Waals surface area contributed by atoms with Gasteiger partial charge in [0.1, 0.15) is 0 Å². The minimum Gasteiger partial charge on any atom is -0.493 e. The summed E-state index contributed by atoms with van der Waals surface area (Å²) >= 11 is 0. The molecule has 124 valence electrons. The standard InChI is InChI=1S/C18H30N2O2/c1-14(2)20-10-8-15(9-11-20)5-4-12-22-18-13-16(19)6-7-17(18)21-3/h6-7,13-15H,4-5,8-12,19H2,1-3H3. The Bertz CT molecular complexity index is 454. The molecule has 1 heterocycles. The molecule has 2 rings (SSSR count). The topological polar surface area (TPSA) is 47.7 Å². The Balaban J connectivity index is 1.69. The van der Waals surface area contributed by atoms with Crippen LogP contribution in [0.4, 0.5) is 5.69 Å². The summed E-state index contributed by atoms with van der Waals surface area (Å²) in [5.41, 5.74) is 6.51. The highest BCUT2D eigenvalue weighted by Crippen LogP contribution is 2.29. The number of benzene rings is 1. The predicted molar refractivity (Wildman–Crippen MR) is 91.6 cm³/mol. The Morgan fingerprint density at radius 2 is 1.95 bits per heavy atom. The fourth-order valence-electron chi connectivity index (χ4n) is 3.12. The van der Waals surface area contributed by atoms with E-state index in [9.17, 15) is 0 Å². The Hall–Kier alpha value is -1.42. The van der Waals surface area contributed by atoms with E-state index in [4.69, 9.17) is 15.2 Å². The molecule has 0 aromatic heterocycles. The maximum atomic E-state index is 5.84. The van der Waals surface area contributed by atoms with Crippen LogP contribution < -0.4 is 15.2 Å². The van der Waals surface area contributed by atoms with Crippen LogP contribution in [-0.4, -0.2) is 37.7 Å². The van der Waals surface area contributed by atoms with Gasteiger partial charge < -0.3 is 20.1 Å². The number of anilines is 1. The third-order valence-corrected chi connectivity index (χ3v) is 4.58. The van der Waals surface area contributed by atoms with Gasteiger partial charge in [-0.2, -0.15) is 0 Å². The number of rotatable bonds is 7. The largest absolute Gasteiger partial charge is 0.493 e. The third kappa shape index (κ3) is 4.80. The molecule has 1 aliphatic heterocycles. The van der Waals surface area contributed by atoms with Gasteiger partial charge in [-0.25, -0.2) is 0 Å². The molecule has 0 amide bonds. The monoisotopic (exact) mass is 306 g/mol. The fourth-order valence-corrected chi connectivity index (χ4v) is 3.12. The number of likely N-dealkylation sites (tertiary alicyclic amines) is 1. The van der Waals surface area contributed by atoms with Gasteiger partial charge in [0.15, 0.2) is 11.5 Å². The minimum absolute atomic E-state index is 0.681. The highest BCUT2D eigenvalue weighted by Gasteiger charge is 2.20. The van der Waals surface area contributed by atoms with Crippen LogP contribution >= 0.6 is 0 Å². The van der Waals surface area contributed by atoms with Gasteiger partial charge in [0.25, 0.3) is 0 Å². The van der Waals surface area contributed by atoms with Crippen LogP contribution in [0.2, 0.25) is 0 Å². The van der Waals surface area contributed by atoms with E-state index in [1.807, 2.05) is 18.2 Å². The van der Waals surface area contributed by atoms with Crippen LogP contribution in [0.3, 0.4) is 0 Å². The first-order valence-corrected chi connectivity index (χ1v) is 8.40. The van der Waals surface area contributed by atoms with Crippen molar-refractivity contribution in [3.63, 3.8) is 0 Å². The first-order chi connectivity index (χ1) is 10.6. The number of nitrogens with zero attached hydrogens (tertiary/aromatic N) is 1. The van der Waals surface area contributed by atoms with Crippen LogP contribution in [0.15, 0.2) is 18.2 Å². The van der Waals surface area contributed by atoms with Gasteiger partial charge in [0, 0.05) is 17.8 Å². The summed E-state index contributed by atoms with van der Waals surface area (Å²) in [7, 11) is 1.65. The van der Waals surface area contributed by atoms with Gasteiger partial charge in [-0.05, 0) is 70.7 Å². The quantitative estimate of drug-likeness (QED) is 0.618. The van der Waals surface area contributed by atoms with E-state index in [0.717, 1.165) is 30.4 Å². The second kappa shape index (κ2) is 8.28. The third-order valence-electron chi connectivity index (χ3n) is 4.58. The first-order valence-electron chi connectivity index (χ1n) is 8.40. The lowest BCUT2D eigenvalue weighted by Crippen LogP contribution is -2.38. The molecule has 4 nitrogen and oxygen atoms in total. The van der Waals surface area contributed by atoms with Gasteiger partial charge in [-0.1, -0.05) is 0 Å². The Kier molecular flexibility index (Phi) is 6.37. The molecular weight excluding hydrogens is 276 g/mol. The van der Waals surface area contributed by atoms with Crippen molar-refractivity contribution in [3.05, 3.63) is 18.2 Å². The summed E-state index contributed by atoms with van der Waals surface area (Å²) in [6.07, 6.45) is 4.97. The lowest BCUT2D eigenvalue weighted by Gasteiger charge is -2.34. The number of piperidine rings is 1. The van der Waals surface area contributed by atoms with E-state index in [2.05, 4.69) is 18.7 Å². The number of nitrogens with two attached hydrogens (primary N) is 1. The van der Waals surface area contributed by atoms with Crippen molar-refractivity contribution in [1.82, 2.24) is 4.90 Å². The number of hydrogen-bond donors (Lipinski definition) is 1. The smallest absolute Gasteiger partial charge is 0.163 e. The zero-order valence-corrected chi connectivity index (χ0v) is 14.2. The van der Waals surface area contributed by atoms with Crippen molar-refractivity contribution in [3.8, 4) is 11.5 Å². The van der Waals surface area contributed by atoms with Crippen molar-refractivity contribution in [2.45, 2.75) is 45.6 Å². The summed E-state index contributed by atoms with van der Waals surface area (Å²) in [5, 5.41) is 0. The predicted octanol–water partition coefficient (Wildman–Crippen LogP) is 3.56. The molecule has 1 aliphatic rings. The van der Waals surface area contributed by atoms with Crippen LogP contribution in [0.25, 0.3) is 0 Å². The normalized spacial score (nSPS) is 16.9. The molecule has 0 unspecified atom stereocenters. The van der Waals surface area contributed by atoms with Crippen molar-refractivity contribution in [2.75, 3.05) is 32.5 Å². The number of hydrogen-bond acceptors (Lipinski definition) is 4. The molecule has 1 fully saturated rings. The molecule has 1 aromatic rings. The summed E-state index contributed by atoms with van der Waals surface area (Å²) < 4.78 is 11.1. The number of ether oxygens (including phenoxy) is 2. The summed E-state index contributed by atoms with van der Waals surface area (Å²) in [6.45, 7) is 7.78. The van der Waals surface area contributed by atoms with Crippen molar-refractivity contribution in [1.29, 1.82) is 0 Å². The SMILES string of the molecule is COc1ccc(N)cc1OCCCC1CCN(C(C)C)CC1. The second-order valence-corrected chi connectivity index (χ2v) is 6.47.